The zero-order valence-electron chi connectivity index (χ0n) is 4.06. The Bertz CT molecular complexity index is 99.9. The van der Waals surface area contributed by atoms with Gasteiger partial charge in [0.2, 0.25) is 0 Å². The Labute approximate surface area is 47.8 Å². The van der Waals surface area contributed by atoms with Crippen LogP contribution in [0.4, 0.5) is 0 Å². The first kappa shape index (κ1) is 4.91. The van der Waals surface area contributed by atoms with Gasteiger partial charge in [0, 0.05) is 20.0 Å². The Kier molecular flexibility index (Phi) is 1.19. The molecule has 0 aromatic heterocycles. The summed E-state index contributed by atoms with van der Waals surface area (Å²) in [6.07, 6.45) is 1.86. The molecule has 0 unspecified atom stereocenters. The van der Waals surface area contributed by atoms with Gasteiger partial charge in [-0.05, 0) is 0 Å². The van der Waals surface area contributed by atoms with E-state index in [9.17, 15) is 0 Å². The van der Waals surface area contributed by atoms with Crippen LogP contribution in [-0.4, -0.2) is 23.8 Å². The van der Waals surface area contributed by atoms with Crippen LogP contribution in [0.3, 0.4) is 0 Å². The number of halogens is 1. The van der Waals surface area contributed by atoms with Gasteiger partial charge in [0.25, 0.3) is 0 Å². The van der Waals surface area contributed by atoms with Crippen molar-refractivity contribution >= 4 is 16.8 Å². The summed E-state index contributed by atoms with van der Waals surface area (Å²) >= 11 is 5.46. The van der Waals surface area contributed by atoms with Crippen molar-refractivity contribution in [1.82, 2.24) is 5.01 Å². The summed E-state index contributed by atoms with van der Waals surface area (Å²) in [4.78, 5) is 0. The maximum absolute atomic E-state index is 5.46. The molecule has 0 aromatic carbocycles. The second kappa shape index (κ2) is 1.70. The third-order valence-electron chi connectivity index (χ3n) is 0.790. The Morgan fingerprint density at radius 1 is 2.00 bits per heavy atom. The summed E-state index contributed by atoms with van der Waals surface area (Å²) in [5.41, 5.74) is 0. The molecule has 0 saturated carbocycles. The zero-order valence-corrected chi connectivity index (χ0v) is 4.81. The van der Waals surface area contributed by atoms with Crippen LogP contribution in [0.25, 0.3) is 0 Å². The standard InChI is InChI=1S/C4H6ClN2/c1-7-3-2-4(5)6-7/h2H,3H2,1H3. The Hall–Kier alpha value is -0.240. The van der Waals surface area contributed by atoms with Gasteiger partial charge in [-0.3, -0.25) is 5.01 Å². The van der Waals surface area contributed by atoms with Gasteiger partial charge in [-0.25, -0.2) is 0 Å². The molecule has 1 aliphatic heterocycles. The average molecular weight is 118 g/mol. The highest BCUT2D eigenvalue weighted by Gasteiger charge is 2.06. The van der Waals surface area contributed by atoms with Gasteiger partial charge in [0.1, 0.15) is 5.17 Å². The molecular weight excluding hydrogens is 112 g/mol. The lowest BCUT2D eigenvalue weighted by molar-refractivity contribution is 0.409. The lowest BCUT2D eigenvalue weighted by Gasteiger charge is -1.99. The van der Waals surface area contributed by atoms with Gasteiger partial charge in [-0.1, -0.05) is 11.6 Å². The molecule has 2 nitrogen and oxygen atoms in total. The third kappa shape index (κ3) is 1.06. The van der Waals surface area contributed by atoms with E-state index < -0.39 is 0 Å². The van der Waals surface area contributed by atoms with E-state index in [4.69, 9.17) is 11.6 Å². The Morgan fingerprint density at radius 2 is 2.71 bits per heavy atom. The molecular formula is C4H6ClN2. The average Bonchev–Trinajstić information content (AvgIpc) is 1.87. The fourth-order valence-electron chi connectivity index (χ4n) is 0.452. The van der Waals surface area contributed by atoms with Crippen LogP contribution in [0.5, 0.6) is 0 Å². The number of hydrogen-bond donors (Lipinski definition) is 0. The van der Waals surface area contributed by atoms with Crippen LogP contribution in [0.15, 0.2) is 5.10 Å². The van der Waals surface area contributed by atoms with Crippen molar-refractivity contribution in [2.45, 2.75) is 0 Å². The lowest BCUT2D eigenvalue weighted by atomic mass is 10.5. The SMILES string of the molecule is CN1C[CH]C(Cl)=N1. The fourth-order valence-corrected chi connectivity index (χ4v) is 0.650. The topological polar surface area (TPSA) is 15.6 Å². The minimum Gasteiger partial charge on any atom is -0.298 e. The summed E-state index contributed by atoms with van der Waals surface area (Å²) < 4.78 is 0. The second-order valence-electron chi connectivity index (χ2n) is 1.47. The summed E-state index contributed by atoms with van der Waals surface area (Å²) in [6.45, 7) is 0.846. The summed E-state index contributed by atoms with van der Waals surface area (Å²) in [7, 11) is 1.88. The molecule has 1 heterocycles. The Morgan fingerprint density at radius 3 is 2.86 bits per heavy atom. The van der Waals surface area contributed by atoms with Crippen molar-refractivity contribution in [2.24, 2.45) is 5.10 Å². The number of nitrogens with zero attached hydrogens (tertiary/aromatic N) is 2. The molecule has 0 aromatic rings. The fraction of sp³-hybridized carbons (Fsp3) is 0.500. The van der Waals surface area contributed by atoms with Crippen LogP contribution < -0.4 is 0 Å². The molecule has 0 amide bonds. The molecule has 0 saturated heterocycles. The van der Waals surface area contributed by atoms with Crippen LogP contribution in [-0.2, 0) is 0 Å². The van der Waals surface area contributed by atoms with E-state index in [2.05, 4.69) is 5.10 Å². The van der Waals surface area contributed by atoms with Gasteiger partial charge in [-0.15, -0.1) is 0 Å². The molecule has 0 spiro atoms. The predicted octanol–water partition coefficient (Wildman–Crippen LogP) is 0.688. The van der Waals surface area contributed by atoms with Gasteiger partial charge in [0.15, 0.2) is 0 Å². The maximum Gasteiger partial charge on any atom is 0.132 e. The van der Waals surface area contributed by atoms with Gasteiger partial charge < -0.3 is 0 Å². The van der Waals surface area contributed by atoms with E-state index in [-0.39, 0.29) is 0 Å². The molecule has 1 radical (unpaired) electrons. The van der Waals surface area contributed by atoms with Gasteiger partial charge >= 0.3 is 0 Å². The van der Waals surface area contributed by atoms with Crippen LogP contribution >= 0.6 is 11.6 Å². The monoisotopic (exact) mass is 117 g/mol. The molecule has 1 aliphatic rings. The van der Waals surface area contributed by atoms with Crippen molar-refractivity contribution in [3.05, 3.63) is 6.42 Å². The predicted molar refractivity (Wildman–Crippen MR) is 30.2 cm³/mol. The highest BCUT2D eigenvalue weighted by molar-refractivity contribution is 6.67. The molecule has 3 heteroatoms. The molecule has 0 N–H and O–H groups in total. The van der Waals surface area contributed by atoms with Crippen LogP contribution in [0, 0.1) is 6.42 Å². The zero-order chi connectivity index (χ0) is 5.28. The Balaban J connectivity index is 2.50. The quantitative estimate of drug-likeness (QED) is 0.456. The van der Waals surface area contributed by atoms with E-state index in [1.165, 1.54) is 0 Å². The van der Waals surface area contributed by atoms with Crippen molar-refractivity contribution in [3.63, 3.8) is 0 Å². The van der Waals surface area contributed by atoms with E-state index in [1.54, 1.807) is 5.01 Å². The molecule has 0 atom stereocenters. The number of hydrazone groups is 1. The van der Waals surface area contributed by atoms with Gasteiger partial charge in [0.05, 0.1) is 0 Å². The minimum atomic E-state index is 0.600. The van der Waals surface area contributed by atoms with Gasteiger partial charge in [-0.2, -0.15) is 5.10 Å². The van der Waals surface area contributed by atoms with Crippen molar-refractivity contribution < 1.29 is 0 Å². The first-order valence-electron chi connectivity index (χ1n) is 2.07. The molecule has 7 heavy (non-hydrogen) atoms. The highest BCUT2D eigenvalue weighted by atomic mass is 35.5. The van der Waals surface area contributed by atoms with Crippen molar-refractivity contribution in [3.8, 4) is 0 Å². The normalized spacial score (nSPS) is 20.3. The second-order valence-corrected chi connectivity index (χ2v) is 1.85. The molecule has 1 rings (SSSR count). The molecule has 39 valence electrons. The molecule has 0 fully saturated rings. The molecule has 0 aliphatic carbocycles. The maximum atomic E-state index is 5.46. The van der Waals surface area contributed by atoms with E-state index in [0.717, 1.165) is 6.54 Å². The minimum absolute atomic E-state index is 0.600. The lowest BCUT2D eigenvalue weighted by Crippen LogP contribution is -2.04. The van der Waals surface area contributed by atoms with E-state index >= 15 is 0 Å². The van der Waals surface area contributed by atoms with E-state index in [1.807, 2.05) is 13.5 Å². The summed E-state index contributed by atoms with van der Waals surface area (Å²) in [5.74, 6) is 0. The number of hydrogen-bond acceptors (Lipinski definition) is 2. The number of rotatable bonds is 0. The van der Waals surface area contributed by atoms with Crippen LogP contribution in [0.2, 0.25) is 0 Å². The first-order chi connectivity index (χ1) is 3.29. The first-order valence-corrected chi connectivity index (χ1v) is 2.45. The van der Waals surface area contributed by atoms with Crippen LogP contribution in [0.1, 0.15) is 0 Å². The largest absolute Gasteiger partial charge is 0.298 e. The smallest absolute Gasteiger partial charge is 0.132 e. The van der Waals surface area contributed by atoms with Crippen molar-refractivity contribution in [1.29, 1.82) is 0 Å². The summed E-state index contributed by atoms with van der Waals surface area (Å²) in [6, 6.07) is 0. The highest BCUT2D eigenvalue weighted by Crippen LogP contribution is 2.03. The molecule has 0 bridgehead atoms. The summed E-state index contributed by atoms with van der Waals surface area (Å²) in [5, 5.41) is 6.23. The third-order valence-corrected chi connectivity index (χ3v) is 1.02. The van der Waals surface area contributed by atoms with E-state index in [0.29, 0.717) is 5.17 Å². The van der Waals surface area contributed by atoms with Crippen molar-refractivity contribution in [2.75, 3.05) is 13.6 Å².